The molecule has 1 aliphatic rings. The van der Waals surface area contributed by atoms with Gasteiger partial charge in [-0.2, -0.15) is 0 Å². The van der Waals surface area contributed by atoms with E-state index in [9.17, 15) is 17.6 Å². The molecule has 2 heterocycles. The number of thiophene rings is 1. The second kappa shape index (κ2) is 7.19. The normalized spacial score (nSPS) is 17.1. The van der Waals surface area contributed by atoms with E-state index in [0.29, 0.717) is 52.5 Å². The number of halogens is 2. The molecule has 1 fully saturated rings. The fraction of sp³-hybridized carbons (Fsp3) is 0.438. The third kappa shape index (κ3) is 4.13. The smallest absolute Gasteiger partial charge is 0.262 e. The predicted octanol–water partition coefficient (Wildman–Crippen LogP) is 3.10. The van der Waals surface area contributed by atoms with Gasteiger partial charge in [0.25, 0.3) is 5.91 Å². The quantitative estimate of drug-likeness (QED) is 0.851. The molecule has 1 N–H and O–H groups in total. The van der Waals surface area contributed by atoms with Crippen LogP contribution in [0.4, 0.5) is 4.39 Å². The fourth-order valence-corrected chi connectivity index (χ4v) is 5.28. The number of nitrogens with zero attached hydrogens (tertiary/aromatic N) is 1. The molecule has 0 bridgehead atoms. The first-order chi connectivity index (χ1) is 11.8. The number of benzene rings is 1. The maximum atomic E-state index is 13.3. The summed E-state index contributed by atoms with van der Waals surface area (Å²) in [7, 11) is -3.15. The Labute approximate surface area is 154 Å². The Kier molecular flexibility index (Phi) is 5.34. The molecule has 136 valence electrons. The van der Waals surface area contributed by atoms with Gasteiger partial charge >= 0.3 is 0 Å². The maximum Gasteiger partial charge on any atom is 0.262 e. The minimum atomic E-state index is -3.15. The molecule has 0 atom stereocenters. The van der Waals surface area contributed by atoms with Crippen LogP contribution in [0.25, 0.3) is 10.1 Å². The Morgan fingerprint density at radius 1 is 1.40 bits per heavy atom. The lowest BCUT2D eigenvalue weighted by Crippen LogP contribution is -2.41. The lowest BCUT2D eigenvalue weighted by atomic mass is 9.98. The van der Waals surface area contributed by atoms with Crippen LogP contribution in [0.5, 0.6) is 0 Å². The summed E-state index contributed by atoms with van der Waals surface area (Å²) in [6, 6.07) is 4.25. The van der Waals surface area contributed by atoms with Crippen molar-refractivity contribution in [3.63, 3.8) is 0 Å². The number of amides is 1. The van der Waals surface area contributed by atoms with Gasteiger partial charge in [-0.25, -0.2) is 17.1 Å². The average molecular weight is 405 g/mol. The van der Waals surface area contributed by atoms with E-state index < -0.39 is 10.0 Å². The summed E-state index contributed by atoms with van der Waals surface area (Å²) >= 11 is 7.41. The van der Waals surface area contributed by atoms with Crippen LogP contribution in [0.1, 0.15) is 22.5 Å². The Hall–Kier alpha value is -1.22. The summed E-state index contributed by atoms with van der Waals surface area (Å²) in [5, 5.41) is 3.87. The van der Waals surface area contributed by atoms with Gasteiger partial charge in [-0.05, 0) is 37.0 Å². The molecule has 3 rings (SSSR count). The van der Waals surface area contributed by atoms with Crippen molar-refractivity contribution in [2.75, 3.05) is 25.9 Å². The molecule has 1 aromatic carbocycles. The molecule has 0 aliphatic carbocycles. The molecule has 1 saturated heterocycles. The van der Waals surface area contributed by atoms with Gasteiger partial charge < -0.3 is 5.32 Å². The van der Waals surface area contributed by atoms with Gasteiger partial charge in [-0.3, -0.25) is 4.79 Å². The highest BCUT2D eigenvalue weighted by Crippen LogP contribution is 2.35. The molecular formula is C16H18ClFN2O3S2. The zero-order chi connectivity index (χ0) is 18.2. The van der Waals surface area contributed by atoms with E-state index in [-0.39, 0.29) is 17.6 Å². The van der Waals surface area contributed by atoms with Crippen molar-refractivity contribution in [2.45, 2.75) is 12.8 Å². The molecule has 2 aromatic rings. The first-order valence-corrected chi connectivity index (χ1v) is 10.9. The molecule has 5 nitrogen and oxygen atoms in total. The summed E-state index contributed by atoms with van der Waals surface area (Å²) in [5.41, 5.74) is 0. The van der Waals surface area contributed by atoms with E-state index in [0.717, 1.165) is 0 Å². The minimum absolute atomic E-state index is 0.229. The highest BCUT2D eigenvalue weighted by atomic mass is 35.5. The van der Waals surface area contributed by atoms with Gasteiger partial charge in [-0.1, -0.05) is 11.6 Å². The van der Waals surface area contributed by atoms with Crippen molar-refractivity contribution in [3.8, 4) is 0 Å². The van der Waals surface area contributed by atoms with Crippen LogP contribution >= 0.6 is 22.9 Å². The predicted molar refractivity (Wildman–Crippen MR) is 98.3 cm³/mol. The van der Waals surface area contributed by atoms with Crippen molar-refractivity contribution in [1.29, 1.82) is 0 Å². The number of hydrogen-bond donors (Lipinski definition) is 1. The van der Waals surface area contributed by atoms with Crippen LogP contribution in [-0.4, -0.2) is 44.5 Å². The molecule has 1 amide bonds. The lowest BCUT2D eigenvalue weighted by Gasteiger charge is -2.30. The summed E-state index contributed by atoms with van der Waals surface area (Å²) < 4.78 is 38.4. The minimum Gasteiger partial charge on any atom is -0.351 e. The largest absolute Gasteiger partial charge is 0.351 e. The fourth-order valence-electron chi connectivity index (χ4n) is 2.95. The van der Waals surface area contributed by atoms with Crippen LogP contribution in [0.3, 0.4) is 0 Å². The Balaban J connectivity index is 1.61. The number of fused-ring (bicyclic) bond motifs is 1. The number of piperidine rings is 1. The number of carbonyl (C=O) groups excluding carboxylic acids is 1. The molecule has 0 radical (unpaired) electrons. The first kappa shape index (κ1) is 18.6. The van der Waals surface area contributed by atoms with Gasteiger partial charge in [0, 0.05) is 29.7 Å². The van der Waals surface area contributed by atoms with E-state index in [2.05, 4.69) is 5.32 Å². The second-order valence-corrected chi connectivity index (χ2v) is 9.61. The maximum absolute atomic E-state index is 13.3. The Bertz CT molecular complexity index is 905. The first-order valence-electron chi connectivity index (χ1n) is 7.86. The molecule has 0 unspecified atom stereocenters. The average Bonchev–Trinajstić information content (AvgIpc) is 2.88. The molecule has 0 spiro atoms. The lowest BCUT2D eigenvalue weighted by molar-refractivity contribution is 0.0946. The number of carbonyl (C=O) groups is 1. The number of hydrogen-bond acceptors (Lipinski definition) is 4. The van der Waals surface area contributed by atoms with Crippen LogP contribution in [-0.2, 0) is 10.0 Å². The number of nitrogens with one attached hydrogen (secondary N) is 1. The van der Waals surface area contributed by atoms with Gasteiger partial charge in [0.2, 0.25) is 10.0 Å². The molecule has 1 aliphatic heterocycles. The Morgan fingerprint density at radius 3 is 2.72 bits per heavy atom. The third-order valence-corrected chi connectivity index (χ3v) is 7.35. The van der Waals surface area contributed by atoms with Crippen molar-refractivity contribution in [2.24, 2.45) is 5.92 Å². The highest BCUT2D eigenvalue weighted by Gasteiger charge is 2.25. The number of sulfonamides is 1. The summed E-state index contributed by atoms with van der Waals surface area (Å²) in [6.07, 6.45) is 2.62. The van der Waals surface area contributed by atoms with Gasteiger partial charge in [0.1, 0.15) is 10.7 Å². The molecule has 25 heavy (non-hydrogen) atoms. The van der Waals surface area contributed by atoms with Crippen LogP contribution < -0.4 is 5.32 Å². The van der Waals surface area contributed by atoms with Gasteiger partial charge in [-0.15, -0.1) is 11.3 Å². The third-order valence-electron chi connectivity index (χ3n) is 4.39. The second-order valence-electron chi connectivity index (χ2n) is 6.20. The molecule has 0 saturated carbocycles. The van der Waals surface area contributed by atoms with E-state index in [1.807, 2.05) is 0 Å². The van der Waals surface area contributed by atoms with Gasteiger partial charge in [0.15, 0.2) is 0 Å². The molecule has 1 aromatic heterocycles. The Morgan fingerprint density at radius 2 is 2.08 bits per heavy atom. The summed E-state index contributed by atoms with van der Waals surface area (Å²) in [4.78, 5) is 12.8. The van der Waals surface area contributed by atoms with Crippen molar-refractivity contribution in [1.82, 2.24) is 9.62 Å². The van der Waals surface area contributed by atoms with E-state index in [1.165, 1.54) is 34.0 Å². The van der Waals surface area contributed by atoms with E-state index in [1.54, 1.807) is 6.07 Å². The van der Waals surface area contributed by atoms with E-state index in [4.69, 9.17) is 11.6 Å². The summed E-state index contributed by atoms with van der Waals surface area (Å²) in [6.45, 7) is 1.42. The zero-order valence-corrected chi connectivity index (χ0v) is 16.0. The highest BCUT2D eigenvalue weighted by molar-refractivity contribution is 7.88. The van der Waals surface area contributed by atoms with Crippen LogP contribution in [0, 0.1) is 11.7 Å². The molecular weight excluding hydrogens is 387 g/mol. The van der Waals surface area contributed by atoms with E-state index >= 15 is 0 Å². The molecule has 9 heteroatoms. The zero-order valence-electron chi connectivity index (χ0n) is 13.6. The number of rotatable bonds is 4. The van der Waals surface area contributed by atoms with Crippen LogP contribution in [0.15, 0.2) is 18.2 Å². The topological polar surface area (TPSA) is 66.5 Å². The van der Waals surface area contributed by atoms with Crippen molar-refractivity contribution >= 4 is 49.0 Å². The van der Waals surface area contributed by atoms with Gasteiger partial charge in [0.05, 0.1) is 11.3 Å². The SMILES string of the molecule is CS(=O)(=O)N1CCC(CNC(=O)c2sc3cc(F)ccc3c2Cl)CC1. The standard InChI is InChI=1S/C16H18ClFN2O3S2/c1-25(22,23)20-6-4-10(5-7-20)9-19-16(21)15-14(17)12-3-2-11(18)8-13(12)24-15/h2-3,8,10H,4-7,9H2,1H3,(H,19,21). The van der Waals surface area contributed by atoms with Crippen molar-refractivity contribution in [3.05, 3.63) is 33.9 Å². The van der Waals surface area contributed by atoms with Crippen LogP contribution in [0.2, 0.25) is 5.02 Å². The summed E-state index contributed by atoms with van der Waals surface area (Å²) in [5.74, 6) is -0.417. The monoisotopic (exact) mass is 404 g/mol. The van der Waals surface area contributed by atoms with Crippen molar-refractivity contribution < 1.29 is 17.6 Å².